The summed E-state index contributed by atoms with van der Waals surface area (Å²) in [5.41, 5.74) is -1.13. The lowest BCUT2D eigenvalue weighted by Gasteiger charge is -2.14. The number of carbonyl (C=O) groups is 1. The highest BCUT2D eigenvalue weighted by atomic mass is 16.5. The van der Waals surface area contributed by atoms with Crippen molar-refractivity contribution in [3.05, 3.63) is 11.7 Å². The molecule has 1 aliphatic heterocycles. The van der Waals surface area contributed by atoms with Crippen LogP contribution in [-0.4, -0.2) is 40.3 Å². The monoisotopic (exact) mass is 238 g/mol. The molecule has 17 heavy (non-hydrogen) atoms. The molecule has 0 aromatic carbocycles. The summed E-state index contributed by atoms with van der Waals surface area (Å²) < 4.78 is 4.96. The molecule has 7 nitrogen and oxygen atoms in total. The molecule has 1 atom stereocenters. The molecule has 3 rings (SSSR count). The average Bonchev–Trinajstić information content (AvgIpc) is 2.84. The number of carbonyl (C=O) groups excluding carboxylic acids is 1. The second-order valence-corrected chi connectivity index (χ2v) is 4.63. The zero-order valence-electron chi connectivity index (χ0n) is 9.27. The van der Waals surface area contributed by atoms with E-state index in [4.69, 9.17) is 4.52 Å². The van der Waals surface area contributed by atoms with E-state index < -0.39 is 5.60 Å². The van der Waals surface area contributed by atoms with E-state index in [0.717, 1.165) is 12.8 Å². The van der Waals surface area contributed by atoms with Gasteiger partial charge >= 0.3 is 0 Å². The van der Waals surface area contributed by atoms with Gasteiger partial charge in [0, 0.05) is 12.6 Å². The molecule has 1 aromatic heterocycles. The molecule has 1 aliphatic carbocycles. The number of nitrogens with one attached hydrogen (secondary N) is 2. The Balaban J connectivity index is 1.74. The van der Waals surface area contributed by atoms with Crippen molar-refractivity contribution in [3.8, 4) is 0 Å². The SMILES string of the molecule is O=C(NC1CC1)c1noc(C2(O)CCNC2)n1. The molecule has 1 amide bonds. The summed E-state index contributed by atoms with van der Waals surface area (Å²) in [7, 11) is 0. The summed E-state index contributed by atoms with van der Waals surface area (Å²) in [5.74, 6) is -0.229. The second-order valence-electron chi connectivity index (χ2n) is 4.63. The number of hydrogen-bond donors (Lipinski definition) is 3. The maximum Gasteiger partial charge on any atom is 0.292 e. The standard InChI is InChI=1S/C10H14N4O3/c15-8(12-6-1-2-6)7-13-9(17-14-7)10(16)3-4-11-5-10/h6,11,16H,1-5H2,(H,12,15). The number of β-amino-alcohol motifs (C(OH)–C–C–N with tert-alkyl or cyclic N) is 1. The molecule has 2 heterocycles. The Labute approximate surface area is 97.6 Å². The highest BCUT2D eigenvalue weighted by molar-refractivity contribution is 5.90. The lowest BCUT2D eigenvalue weighted by Crippen LogP contribution is -2.29. The molecule has 1 saturated carbocycles. The van der Waals surface area contributed by atoms with E-state index in [9.17, 15) is 9.90 Å². The summed E-state index contributed by atoms with van der Waals surface area (Å²) in [6.07, 6.45) is 2.52. The molecule has 1 saturated heterocycles. The summed E-state index contributed by atoms with van der Waals surface area (Å²) in [5, 5.41) is 19.5. The average molecular weight is 238 g/mol. The third-order valence-electron chi connectivity index (χ3n) is 3.07. The van der Waals surface area contributed by atoms with Crippen LogP contribution in [0.3, 0.4) is 0 Å². The van der Waals surface area contributed by atoms with Crippen molar-refractivity contribution < 1.29 is 14.4 Å². The first-order chi connectivity index (χ1) is 8.17. The number of aromatic nitrogens is 2. The summed E-state index contributed by atoms with van der Waals surface area (Å²) in [6, 6.07) is 0.251. The summed E-state index contributed by atoms with van der Waals surface area (Å²) in [4.78, 5) is 15.6. The first-order valence-corrected chi connectivity index (χ1v) is 5.75. The minimum atomic E-state index is -1.13. The molecule has 92 valence electrons. The van der Waals surface area contributed by atoms with Gasteiger partial charge in [0.15, 0.2) is 5.60 Å². The number of amides is 1. The van der Waals surface area contributed by atoms with Crippen LogP contribution in [0.15, 0.2) is 4.52 Å². The Hall–Kier alpha value is -1.47. The third-order valence-corrected chi connectivity index (χ3v) is 3.07. The Morgan fingerprint density at radius 1 is 1.59 bits per heavy atom. The van der Waals surface area contributed by atoms with Crippen LogP contribution in [-0.2, 0) is 5.60 Å². The van der Waals surface area contributed by atoms with Gasteiger partial charge in [-0.3, -0.25) is 4.79 Å². The molecular formula is C10H14N4O3. The first-order valence-electron chi connectivity index (χ1n) is 5.75. The molecular weight excluding hydrogens is 224 g/mol. The van der Waals surface area contributed by atoms with Crippen molar-refractivity contribution in [1.29, 1.82) is 0 Å². The smallest absolute Gasteiger partial charge is 0.292 e. The minimum Gasteiger partial charge on any atom is -0.379 e. The van der Waals surface area contributed by atoms with Crippen molar-refractivity contribution in [2.45, 2.75) is 30.9 Å². The van der Waals surface area contributed by atoms with Crippen LogP contribution in [0.1, 0.15) is 35.8 Å². The summed E-state index contributed by atoms with van der Waals surface area (Å²) in [6.45, 7) is 1.07. The Morgan fingerprint density at radius 2 is 2.41 bits per heavy atom. The van der Waals surface area contributed by atoms with E-state index in [1.54, 1.807) is 0 Å². The Morgan fingerprint density at radius 3 is 3.06 bits per heavy atom. The van der Waals surface area contributed by atoms with Crippen molar-refractivity contribution >= 4 is 5.91 Å². The van der Waals surface area contributed by atoms with Crippen LogP contribution in [0.4, 0.5) is 0 Å². The van der Waals surface area contributed by atoms with Crippen LogP contribution in [0.2, 0.25) is 0 Å². The Kier molecular flexibility index (Phi) is 2.37. The van der Waals surface area contributed by atoms with Gasteiger partial charge in [-0.15, -0.1) is 0 Å². The van der Waals surface area contributed by atoms with Gasteiger partial charge in [-0.25, -0.2) is 0 Å². The molecule has 3 N–H and O–H groups in total. The molecule has 2 fully saturated rings. The van der Waals surface area contributed by atoms with Gasteiger partial charge in [0.25, 0.3) is 17.6 Å². The topological polar surface area (TPSA) is 100 Å². The minimum absolute atomic E-state index is 0.00720. The highest BCUT2D eigenvalue weighted by Gasteiger charge is 2.39. The Bertz CT molecular complexity index is 435. The van der Waals surface area contributed by atoms with Crippen molar-refractivity contribution in [1.82, 2.24) is 20.8 Å². The number of aliphatic hydroxyl groups is 1. The van der Waals surface area contributed by atoms with Gasteiger partial charge in [-0.05, 0) is 25.8 Å². The zero-order chi connectivity index (χ0) is 11.9. The lowest BCUT2D eigenvalue weighted by atomic mass is 10.0. The van der Waals surface area contributed by atoms with E-state index >= 15 is 0 Å². The summed E-state index contributed by atoms with van der Waals surface area (Å²) >= 11 is 0. The van der Waals surface area contributed by atoms with Gasteiger partial charge in [0.05, 0.1) is 0 Å². The maximum absolute atomic E-state index is 11.6. The molecule has 0 spiro atoms. The van der Waals surface area contributed by atoms with Crippen molar-refractivity contribution in [3.63, 3.8) is 0 Å². The van der Waals surface area contributed by atoms with Crippen LogP contribution in [0.25, 0.3) is 0 Å². The second kappa shape index (κ2) is 3.78. The van der Waals surface area contributed by atoms with E-state index in [0.29, 0.717) is 19.5 Å². The van der Waals surface area contributed by atoms with E-state index in [1.165, 1.54) is 0 Å². The van der Waals surface area contributed by atoms with Crippen LogP contribution in [0, 0.1) is 0 Å². The van der Waals surface area contributed by atoms with Crippen LogP contribution in [0.5, 0.6) is 0 Å². The fourth-order valence-corrected chi connectivity index (χ4v) is 1.84. The molecule has 1 aromatic rings. The van der Waals surface area contributed by atoms with Gasteiger partial charge in [0.1, 0.15) is 0 Å². The van der Waals surface area contributed by atoms with Gasteiger partial charge in [0.2, 0.25) is 0 Å². The normalized spacial score (nSPS) is 28.3. The number of rotatable bonds is 3. The van der Waals surface area contributed by atoms with Crippen molar-refractivity contribution in [2.75, 3.05) is 13.1 Å². The predicted octanol–water partition coefficient (Wildman–Crippen LogP) is -0.857. The van der Waals surface area contributed by atoms with E-state index in [1.807, 2.05) is 0 Å². The fourth-order valence-electron chi connectivity index (χ4n) is 1.84. The van der Waals surface area contributed by atoms with Crippen molar-refractivity contribution in [2.24, 2.45) is 0 Å². The third kappa shape index (κ3) is 2.03. The lowest BCUT2D eigenvalue weighted by molar-refractivity contribution is 0.0242. The maximum atomic E-state index is 11.6. The van der Waals surface area contributed by atoms with Crippen LogP contribution >= 0.6 is 0 Å². The number of hydrogen-bond acceptors (Lipinski definition) is 6. The molecule has 2 aliphatic rings. The quantitative estimate of drug-likeness (QED) is 0.633. The predicted molar refractivity (Wildman–Crippen MR) is 56.2 cm³/mol. The fraction of sp³-hybridized carbons (Fsp3) is 0.700. The molecule has 7 heteroatoms. The molecule has 0 radical (unpaired) electrons. The van der Waals surface area contributed by atoms with Gasteiger partial charge in [-0.2, -0.15) is 4.98 Å². The van der Waals surface area contributed by atoms with Crippen LogP contribution < -0.4 is 10.6 Å². The zero-order valence-corrected chi connectivity index (χ0v) is 9.27. The van der Waals surface area contributed by atoms with Gasteiger partial charge < -0.3 is 20.3 Å². The molecule has 1 unspecified atom stereocenters. The highest BCUT2D eigenvalue weighted by Crippen LogP contribution is 2.26. The van der Waals surface area contributed by atoms with E-state index in [2.05, 4.69) is 20.8 Å². The largest absolute Gasteiger partial charge is 0.379 e. The molecule has 0 bridgehead atoms. The van der Waals surface area contributed by atoms with E-state index in [-0.39, 0.29) is 23.7 Å². The first kappa shape index (κ1) is 10.7. The number of nitrogens with zero attached hydrogens (tertiary/aromatic N) is 2. The van der Waals surface area contributed by atoms with Gasteiger partial charge in [-0.1, -0.05) is 5.16 Å².